The number of nitrogens with one attached hydrogen (secondary N) is 3. The molecular formula is C32H35Cl4N5O6S. The Kier molecular flexibility index (Phi) is 11.5. The molecule has 2 amide bonds. The first-order chi connectivity index (χ1) is 22.5. The van der Waals surface area contributed by atoms with E-state index in [1.807, 2.05) is 24.3 Å². The predicted molar refractivity (Wildman–Crippen MR) is 185 cm³/mol. The van der Waals surface area contributed by atoms with Gasteiger partial charge in [-0.05, 0) is 48.4 Å². The number of rotatable bonds is 8. The molecule has 6 rings (SSSR count). The zero-order valence-electron chi connectivity index (χ0n) is 25.9. The molecule has 3 heterocycles. The minimum absolute atomic E-state index is 0. The highest BCUT2D eigenvalue weighted by molar-refractivity contribution is 7.89. The van der Waals surface area contributed by atoms with Crippen LogP contribution in [0.3, 0.4) is 0 Å². The van der Waals surface area contributed by atoms with Crippen LogP contribution >= 0.6 is 47.2 Å². The minimum Gasteiger partial charge on any atom is -0.493 e. The third-order valence-electron chi connectivity index (χ3n) is 8.51. The van der Waals surface area contributed by atoms with E-state index in [-0.39, 0.29) is 92.1 Å². The Morgan fingerprint density at radius 2 is 1.50 bits per heavy atom. The zero-order valence-corrected chi connectivity index (χ0v) is 29.8. The van der Waals surface area contributed by atoms with Gasteiger partial charge in [-0.1, -0.05) is 59.1 Å². The van der Waals surface area contributed by atoms with Gasteiger partial charge in [-0.15, -0.1) is 12.4 Å². The number of sulfonamides is 1. The normalized spacial score (nSPS) is 23.3. The van der Waals surface area contributed by atoms with Gasteiger partial charge in [0.25, 0.3) is 5.91 Å². The van der Waals surface area contributed by atoms with Crippen LogP contribution in [0.4, 0.5) is 0 Å². The monoisotopic (exact) mass is 757 g/mol. The molecule has 0 aromatic heterocycles. The van der Waals surface area contributed by atoms with Gasteiger partial charge >= 0.3 is 0 Å². The molecule has 1 unspecified atom stereocenters. The Bertz CT molecular complexity index is 1700. The third-order valence-corrected chi connectivity index (χ3v) is 11.4. The number of carbonyl (C=O) groups is 2. The van der Waals surface area contributed by atoms with Crippen molar-refractivity contribution in [2.45, 2.75) is 29.6 Å². The molecule has 3 fully saturated rings. The minimum atomic E-state index is -4.11. The molecule has 48 heavy (non-hydrogen) atoms. The summed E-state index contributed by atoms with van der Waals surface area (Å²) in [6, 6.07) is 16.2. The van der Waals surface area contributed by atoms with Gasteiger partial charge in [-0.25, -0.2) is 8.42 Å². The molecule has 258 valence electrons. The summed E-state index contributed by atoms with van der Waals surface area (Å²) in [7, 11) is -4.11. The number of ether oxygens (including phenoxy) is 2. The fraction of sp³-hybridized carbons (Fsp3) is 0.375. The van der Waals surface area contributed by atoms with Crippen molar-refractivity contribution in [3.8, 4) is 5.75 Å². The van der Waals surface area contributed by atoms with Crippen LogP contribution in [0.25, 0.3) is 0 Å². The fourth-order valence-corrected chi connectivity index (χ4v) is 8.41. The van der Waals surface area contributed by atoms with Gasteiger partial charge in [0, 0.05) is 47.9 Å². The van der Waals surface area contributed by atoms with Gasteiger partial charge in [-0.2, -0.15) is 4.31 Å². The smallest absolute Gasteiger partial charge is 0.263 e. The molecule has 16 heteroatoms. The first kappa shape index (κ1) is 36.6. The standard InChI is InChI=1S/C32H34Cl3N5O6S.ClH/c1-2-46-26-18-25(35)27(47(43,44)40-13-15-45-16-14-40)17-24(26)32(31(42)39-12-11-36-28(41)19-39)37-29(20-3-7-22(33)8-4-20)30(38-32)21-5-9-23(34)10-6-21;/h3-10,17-18,29-30,37-38H,2,11-16,19H2,1H3,(H,36,41);1H/t29-,30+,32?;. The van der Waals surface area contributed by atoms with Crippen LogP contribution in [0.1, 0.15) is 35.7 Å². The van der Waals surface area contributed by atoms with E-state index >= 15 is 0 Å². The second-order valence-electron chi connectivity index (χ2n) is 11.4. The number of morpholine rings is 1. The first-order valence-electron chi connectivity index (χ1n) is 15.2. The van der Waals surface area contributed by atoms with E-state index in [2.05, 4.69) is 16.0 Å². The van der Waals surface area contributed by atoms with Crippen molar-refractivity contribution >= 4 is 69.0 Å². The molecule has 0 radical (unpaired) electrons. The molecule has 0 aliphatic carbocycles. The number of halogens is 4. The highest BCUT2D eigenvalue weighted by Gasteiger charge is 2.55. The maximum atomic E-state index is 14.9. The van der Waals surface area contributed by atoms with Crippen molar-refractivity contribution in [2.75, 3.05) is 52.5 Å². The molecule has 3 aliphatic heterocycles. The third kappa shape index (κ3) is 7.14. The van der Waals surface area contributed by atoms with Gasteiger partial charge in [0.15, 0.2) is 5.66 Å². The van der Waals surface area contributed by atoms with E-state index in [1.54, 1.807) is 31.2 Å². The number of amides is 2. The zero-order chi connectivity index (χ0) is 33.3. The second kappa shape index (κ2) is 15.1. The molecule has 3 N–H and O–H groups in total. The SMILES string of the molecule is CCOc1cc(Cl)c(S(=O)(=O)N2CCOCC2)cc1C1(C(=O)N2CCNC(=O)C2)N[C@H](c2ccc(Cl)cc2)[C@H](c2ccc(Cl)cc2)N1.Cl. The average Bonchev–Trinajstić information content (AvgIpc) is 3.47. The molecule has 3 atom stereocenters. The van der Waals surface area contributed by atoms with Gasteiger partial charge in [0.05, 0.1) is 43.5 Å². The van der Waals surface area contributed by atoms with Crippen LogP contribution in [-0.2, 0) is 30.0 Å². The summed E-state index contributed by atoms with van der Waals surface area (Å²) in [6.45, 7) is 3.10. The Balaban J connectivity index is 0.00000451. The molecule has 0 bridgehead atoms. The Hall–Kier alpha value is -2.65. The summed E-state index contributed by atoms with van der Waals surface area (Å²) in [6.07, 6.45) is 0. The number of piperazine rings is 1. The van der Waals surface area contributed by atoms with E-state index in [0.717, 1.165) is 11.1 Å². The molecule has 0 spiro atoms. The maximum absolute atomic E-state index is 14.9. The summed E-state index contributed by atoms with van der Waals surface area (Å²) >= 11 is 19.2. The first-order valence-corrected chi connectivity index (χ1v) is 17.8. The van der Waals surface area contributed by atoms with Crippen LogP contribution in [0.15, 0.2) is 65.6 Å². The van der Waals surface area contributed by atoms with Gasteiger partial charge in [0.2, 0.25) is 15.9 Å². The van der Waals surface area contributed by atoms with E-state index in [9.17, 15) is 18.0 Å². The Morgan fingerprint density at radius 1 is 0.938 bits per heavy atom. The molecule has 3 aromatic rings. The fourth-order valence-electron chi connectivity index (χ4n) is 6.24. The van der Waals surface area contributed by atoms with Crippen molar-refractivity contribution in [2.24, 2.45) is 0 Å². The van der Waals surface area contributed by atoms with Crippen LogP contribution in [0, 0.1) is 0 Å². The van der Waals surface area contributed by atoms with Crippen molar-refractivity contribution in [1.29, 1.82) is 0 Å². The molecular weight excluding hydrogens is 724 g/mol. The summed E-state index contributed by atoms with van der Waals surface area (Å²) in [5.41, 5.74) is 0.0420. The van der Waals surface area contributed by atoms with E-state index in [1.165, 1.54) is 21.3 Å². The largest absolute Gasteiger partial charge is 0.493 e. The molecule has 0 saturated carbocycles. The lowest BCUT2D eigenvalue weighted by molar-refractivity contribution is -0.144. The Morgan fingerprint density at radius 3 is 2.02 bits per heavy atom. The summed E-state index contributed by atoms with van der Waals surface area (Å²) < 4.78 is 40.8. The molecule has 3 aliphatic rings. The van der Waals surface area contributed by atoms with E-state index < -0.39 is 33.7 Å². The van der Waals surface area contributed by atoms with Gasteiger partial charge in [-0.3, -0.25) is 20.2 Å². The quantitative estimate of drug-likeness (QED) is 0.311. The summed E-state index contributed by atoms with van der Waals surface area (Å²) in [5.74, 6) is -0.585. The number of hydrogen-bond acceptors (Lipinski definition) is 8. The van der Waals surface area contributed by atoms with E-state index in [0.29, 0.717) is 10.0 Å². The van der Waals surface area contributed by atoms with Crippen molar-refractivity contribution in [1.82, 2.24) is 25.2 Å². The number of nitrogens with zero attached hydrogens (tertiary/aromatic N) is 2. The van der Waals surface area contributed by atoms with Crippen LogP contribution in [-0.4, -0.2) is 82.0 Å². The van der Waals surface area contributed by atoms with Crippen molar-refractivity contribution in [3.63, 3.8) is 0 Å². The number of benzene rings is 3. The predicted octanol–water partition coefficient (Wildman–Crippen LogP) is 4.27. The van der Waals surface area contributed by atoms with E-state index in [4.69, 9.17) is 44.3 Å². The summed E-state index contributed by atoms with van der Waals surface area (Å²) in [5, 5.41) is 10.9. The highest BCUT2D eigenvalue weighted by atomic mass is 35.5. The van der Waals surface area contributed by atoms with Crippen LogP contribution < -0.4 is 20.7 Å². The number of carbonyl (C=O) groups excluding carboxylic acids is 2. The van der Waals surface area contributed by atoms with Crippen LogP contribution in [0.5, 0.6) is 5.75 Å². The van der Waals surface area contributed by atoms with Crippen LogP contribution in [0.2, 0.25) is 15.1 Å². The highest BCUT2D eigenvalue weighted by Crippen LogP contribution is 2.46. The topological polar surface area (TPSA) is 129 Å². The van der Waals surface area contributed by atoms with Gasteiger partial charge < -0.3 is 19.7 Å². The average molecular weight is 760 g/mol. The van der Waals surface area contributed by atoms with Gasteiger partial charge in [0.1, 0.15) is 10.6 Å². The maximum Gasteiger partial charge on any atom is 0.263 e. The summed E-state index contributed by atoms with van der Waals surface area (Å²) in [4.78, 5) is 28.8. The second-order valence-corrected chi connectivity index (χ2v) is 14.6. The Labute approximate surface area is 300 Å². The van der Waals surface area contributed by atoms with Crippen molar-refractivity contribution < 1.29 is 27.5 Å². The molecule has 3 aromatic carbocycles. The van der Waals surface area contributed by atoms with Crippen molar-refractivity contribution in [3.05, 3.63) is 92.4 Å². The number of hydrogen-bond donors (Lipinski definition) is 3. The lowest BCUT2D eigenvalue weighted by Crippen LogP contribution is -2.62. The lowest BCUT2D eigenvalue weighted by atomic mass is 9.95. The molecule has 11 nitrogen and oxygen atoms in total. The molecule has 3 saturated heterocycles. The lowest BCUT2D eigenvalue weighted by Gasteiger charge is -2.38.